The highest BCUT2D eigenvalue weighted by Crippen LogP contribution is 2.12. The first-order valence-electron chi connectivity index (χ1n) is 6.40. The maximum atomic E-state index is 12.2. The SMILES string of the molecule is CCc1nn(C)cc1CNS(=O)(=O)c1ccc(NN)nc1. The Balaban J connectivity index is 2.13. The van der Waals surface area contributed by atoms with Gasteiger partial charge in [-0.1, -0.05) is 6.92 Å². The fourth-order valence-electron chi connectivity index (χ4n) is 1.91. The van der Waals surface area contributed by atoms with Crippen molar-refractivity contribution in [2.24, 2.45) is 12.9 Å². The lowest BCUT2D eigenvalue weighted by Gasteiger charge is -2.07. The van der Waals surface area contributed by atoms with E-state index in [2.05, 4.69) is 20.2 Å². The Labute approximate surface area is 123 Å². The van der Waals surface area contributed by atoms with E-state index in [9.17, 15) is 8.42 Å². The highest BCUT2D eigenvalue weighted by molar-refractivity contribution is 7.89. The molecule has 0 aromatic carbocycles. The van der Waals surface area contributed by atoms with Gasteiger partial charge in [-0.25, -0.2) is 24.0 Å². The summed E-state index contributed by atoms with van der Waals surface area (Å²) in [5, 5.41) is 4.27. The second-order valence-electron chi connectivity index (χ2n) is 4.48. The number of hydrogen-bond acceptors (Lipinski definition) is 6. The van der Waals surface area contributed by atoms with Crippen molar-refractivity contribution in [3.05, 3.63) is 35.8 Å². The molecule has 0 bridgehead atoms. The first kappa shape index (κ1) is 15.4. The van der Waals surface area contributed by atoms with E-state index in [0.29, 0.717) is 5.82 Å². The Kier molecular flexibility index (Phi) is 4.56. The van der Waals surface area contributed by atoms with E-state index in [1.54, 1.807) is 17.9 Å². The van der Waals surface area contributed by atoms with Gasteiger partial charge in [-0.15, -0.1) is 0 Å². The molecule has 0 radical (unpaired) electrons. The van der Waals surface area contributed by atoms with Crippen LogP contribution in [0.25, 0.3) is 0 Å². The number of nitrogens with two attached hydrogens (primary N) is 1. The Hall–Kier alpha value is -1.97. The Morgan fingerprint density at radius 3 is 2.71 bits per heavy atom. The predicted octanol–water partition coefficient (Wildman–Crippen LogP) is 0.142. The summed E-state index contributed by atoms with van der Waals surface area (Å²) in [5.41, 5.74) is 4.08. The molecule has 2 rings (SSSR count). The molecule has 114 valence electrons. The number of anilines is 1. The van der Waals surface area contributed by atoms with Crippen LogP contribution in [0.1, 0.15) is 18.2 Å². The molecular weight excluding hydrogens is 292 g/mol. The standard InChI is InChI=1S/C12H18N6O2S/c1-3-11-9(8-18(2)17-11)6-15-21(19,20)10-4-5-12(16-13)14-7-10/h4-5,7-8,15H,3,6,13H2,1-2H3,(H,14,16). The van der Waals surface area contributed by atoms with Crippen LogP contribution in [0.4, 0.5) is 5.82 Å². The van der Waals surface area contributed by atoms with Gasteiger partial charge in [0.1, 0.15) is 10.7 Å². The van der Waals surface area contributed by atoms with Gasteiger partial charge in [0.15, 0.2) is 0 Å². The fraction of sp³-hybridized carbons (Fsp3) is 0.333. The molecule has 0 fully saturated rings. The molecule has 21 heavy (non-hydrogen) atoms. The van der Waals surface area contributed by atoms with Crippen LogP contribution in [0.2, 0.25) is 0 Å². The molecule has 2 aromatic heterocycles. The van der Waals surface area contributed by atoms with E-state index in [4.69, 9.17) is 5.84 Å². The van der Waals surface area contributed by atoms with Crippen LogP contribution in [-0.4, -0.2) is 23.2 Å². The second kappa shape index (κ2) is 6.20. The minimum Gasteiger partial charge on any atom is -0.308 e. The van der Waals surface area contributed by atoms with Gasteiger partial charge >= 0.3 is 0 Å². The molecule has 0 saturated carbocycles. The van der Waals surface area contributed by atoms with Crippen molar-refractivity contribution in [1.82, 2.24) is 19.5 Å². The summed E-state index contributed by atoms with van der Waals surface area (Å²) in [6.45, 7) is 2.17. The smallest absolute Gasteiger partial charge is 0.242 e. The third-order valence-electron chi connectivity index (χ3n) is 2.97. The van der Waals surface area contributed by atoms with Gasteiger partial charge in [-0.05, 0) is 18.6 Å². The van der Waals surface area contributed by atoms with Gasteiger partial charge in [-0.2, -0.15) is 5.10 Å². The molecule has 0 aliphatic rings. The number of nitrogens with zero attached hydrogens (tertiary/aromatic N) is 3. The van der Waals surface area contributed by atoms with Gasteiger partial charge in [-0.3, -0.25) is 4.68 Å². The van der Waals surface area contributed by atoms with Gasteiger partial charge < -0.3 is 5.43 Å². The number of nitrogen functional groups attached to an aromatic ring is 1. The Bertz CT molecular complexity index is 708. The topological polar surface area (TPSA) is 115 Å². The van der Waals surface area contributed by atoms with Crippen molar-refractivity contribution >= 4 is 15.8 Å². The van der Waals surface area contributed by atoms with Crippen molar-refractivity contribution in [2.75, 3.05) is 5.43 Å². The molecule has 0 amide bonds. The number of rotatable bonds is 6. The number of hydrazine groups is 1. The number of aryl methyl sites for hydroxylation is 2. The zero-order valence-electron chi connectivity index (χ0n) is 11.9. The zero-order chi connectivity index (χ0) is 15.5. The third kappa shape index (κ3) is 3.57. The molecule has 4 N–H and O–H groups in total. The molecular formula is C12H18N6O2S. The lowest BCUT2D eigenvalue weighted by molar-refractivity contribution is 0.580. The van der Waals surface area contributed by atoms with Crippen molar-refractivity contribution < 1.29 is 8.42 Å². The minimum absolute atomic E-state index is 0.0865. The summed E-state index contributed by atoms with van der Waals surface area (Å²) < 4.78 is 28.6. The minimum atomic E-state index is -3.62. The maximum Gasteiger partial charge on any atom is 0.242 e. The number of nitrogens with one attached hydrogen (secondary N) is 2. The van der Waals surface area contributed by atoms with Crippen molar-refractivity contribution in [3.63, 3.8) is 0 Å². The van der Waals surface area contributed by atoms with Crippen LogP contribution in [-0.2, 0) is 30.0 Å². The van der Waals surface area contributed by atoms with Crippen molar-refractivity contribution in [1.29, 1.82) is 0 Å². The van der Waals surface area contributed by atoms with Gasteiger partial charge in [0.2, 0.25) is 10.0 Å². The summed E-state index contributed by atoms with van der Waals surface area (Å²) in [4.78, 5) is 3.97. The van der Waals surface area contributed by atoms with Crippen LogP contribution in [0.5, 0.6) is 0 Å². The number of pyridine rings is 1. The van der Waals surface area contributed by atoms with Gasteiger partial charge in [0, 0.05) is 31.5 Å². The summed E-state index contributed by atoms with van der Waals surface area (Å²) in [6, 6.07) is 2.94. The monoisotopic (exact) mass is 310 g/mol. The first-order valence-corrected chi connectivity index (χ1v) is 7.88. The number of hydrogen-bond donors (Lipinski definition) is 3. The first-order chi connectivity index (χ1) is 9.96. The van der Waals surface area contributed by atoms with Crippen LogP contribution >= 0.6 is 0 Å². The molecule has 2 heterocycles. The average Bonchev–Trinajstić information content (AvgIpc) is 2.85. The van der Waals surface area contributed by atoms with E-state index in [0.717, 1.165) is 17.7 Å². The average molecular weight is 310 g/mol. The Morgan fingerprint density at radius 1 is 1.38 bits per heavy atom. The molecule has 9 heteroatoms. The van der Waals surface area contributed by atoms with Crippen LogP contribution in [0.15, 0.2) is 29.4 Å². The molecule has 0 unspecified atom stereocenters. The van der Waals surface area contributed by atoms with E-state index >= 15 is 0 Å². The normalized spacial score (nSPS) is 11.6. The van der Waals surface area contributed by atoms with E-state index < -0.39 is 10.0 Å². The highest BCUT2D eigenvalue weighted by atomic mass is 32.2. The summed E-state index contributed by atoms with van der Waals surface area (Å²) >= 11 is 0. The molecule has 0 aliphatic carbocycles. The molecule has 0 saturated heterocycles. The molecule has 0 spiro atoms. The number of sulfonamides is 1. The molecule has 2 aromatic rings. The van der Waals surface area contributed by atoms with Crippen molar-refractivity contribution in [2.45, 2.75) is 24.8 Å². The van der Waals surface area contributed by atoms with Crippen LogP contribution < -0.4 is 16.0 Å². The third-order valence-corrected chi connectivity index (χ3v) is 4.36. The van der Waals surface area contributed by atoms with Gasteiger partial charge in [0.25, 0.3) is 0 Å². The van der Waals surface area contributed by atoms with Crippen molar-refractivity contribution in [3.8, 4) is 0 Å². The Morgan fingerprint density at radius 2 is 2.14 bits per heavy atom. The maximum absolute atomic E-state index is 12.2. The molecule has 0 aliphatic heterocycles. The van der Waals surface area contributed by atoms with E-state index in [1.165, 1.54) is 18.3 Å². The predicted molar refractivity (Wildman–Crippen MR) is 78.7 cm³/mol. The largest absolute Gasteiger partial charge is 0.308 e. The van der Waals surface area contributed by atoms with Gasteiger partial charge in [0.05, 0.1) is 5.69 Å². The van der Waals surface area contributed by atoms with E-state index in [-0.39, 0.29) is 11.4 Å². The molecule has 8 nitrogen and oxygen atoms in total. The lowest BCUT2D eigenvalue weighted by atomic mass is 10.2. The van der Waals surface area contributed by atoms with E-state index in [1.807, 2.05) is 6.92 Å². The van der Waals surface area contributed by atoms with Crippen LogP contribution in [0.3, 0.4) is 0 Å². The quantitative estimate of drug-likeness (QED) is 0.516. The number of aromatic nitrogens is 3. The summed E-state index contributed by atoms with van der Waals surface area (Å²) in [7, 11) is -1.81. The highest BCUT2D eigenvalue weighted by Gasteiger charge is 2.16. The molecule has 0 atom stereocenters. The zero-order valence-corrected chi connectivity index (χ0v) is 12.7. The summed E-state index contributed by atoms with van der Waals surface area (Å²) in [5.74, 6) is 5.59. The van der Waals surface area contributed by atoms with Crippen LogP contribution in [0, 0.1) is 0 Å². The fourth-order valence-corrected chi connectivity index (χ4v) is 2.86. The second-order valence-corrected chi connectivity index (χ2v) is 6.24. The summed E-state index contributed by atoms with van der Waals surface area (Å²) in [6.07, 6.45) is 3.80. The lowest BCUT2D eigenvalue weighted by Crippen LogP contribution is -2.23.